The van der Waals surface area contributed by atoms with Crippen molar-refractivity contribution >= 4 is 94.0 Å². The van der Waals surface area contributed by atoms with Crippen LogP contribution in [0.4, 0.5) is 0 Å². The van der Waals surface area contributed by atoms with Gasteiger partial charge in [-0.25, -0.2) is 0 Å². The summed E-state index contributed by atoms with van der Waals surface area (Å²) >= 11 is 19.3. The summed E-state index contributed by atoms with van der Waals surface area (Å²) in [5.41, 5.74) is 4.82. The number of halogens is 3. The highest BCUT2D eigenvalue weighted by molar-refractivity contribution is 9.11. The molecule has 29 heavy (non-hydrogen) atoms. The molecule has 0 saturated carbocycles. The van der Waals surface area contributed by atoms with Crippen molar-refractivity contribution in [3.8, 4) is 5.75 Å². The van der Waals surface area contributed by atoms with E-state index in [-0.39, 0.29) is 11.7 Å². The number of thiocarbonyl (C=S) groups is 1. The van der Waals surface area contributed by atoms with E-state index in [1.165, 1.54) is 11.3 Å². The largest absolute Gasteiger partial charge is 0.483 e. The number of carbonyl (C=O) groups is 2. The van der Waals surface area contributed by atoms with E-state index >= 15 is 0 Å². The van der Waals surface area contributed by atoms with E-state index in [2.05, 4.69) is 48.0 Å². The molecule has 0 bridgehead atoms. The van der Waals surface area contributed by atoms with E-state index in [0.29, 0.717) is 20.1 Å². The fourth-order valence-corrected chi connectivity index (χ4v) is 4.97. The quantitative estimate of drug-likeness (QED) is 0.307. The van der Waals surface area contributed by atoms with Gasteiger partial charge in [0.1, 0.15) is 10.6 Å². The van der Waals surface area contributed by atoms with E-state index in [1.807, 2.05) is 24.3 Å². The highest BCUT2D eigenvalue weighted by atomic mass is 79.9. The molecule has 1 aromatic heterocycles. The number of amides is 2. The van der Waals surface area contributed by atoms with Crippen LogP contribution in [0.25, 0.3) is 10.1 Å². The molecule has 0 unspecified atom stereocenters. The van der Waals surface area contributed by atoms with Gasteiger partial charge in [0.05, 0.1) is 9.50 Å². The highest BCUT2D eigenvalue weighted by Gasteiger charge is 2.18. The lowest BCUT2D eigenvalue weighted by Crippen LogP contribution is -2.49. The zero-order valence-electron chi connectivity index (χ0n) is 14.4. The van der Waals surface area contributed by atoms with Gasteiger partial charge in [-0.2, -0.15) is 0 Å². The van der Waals surface area contributed by atoms with Crippen LogP contribution in [0.15, 0.2) is 51.4 Å². The topological polar surface area (TPSA) is 79.5 Å². The number of ether oxygens (including phenoxy) is 1. The Morgan fingerprint density at radius 3 is 2.62 bits per heavy atom. The normalized spacial score (nSPS) is 10.4. The first-order chi connectivity index (χ1) is 13.8. The van der Waals surface area contributed by atoms with Crippen molar-refractivity contribution in [3.05, 3.63) is 61.3 Å². The molecule has 150 valence electrons. The van der Waals surface area contributed by atoms with E-state index in [4.69, 9.17) is 28.6 Å². The first-order valence-corrected chi connectivity index (χ1v) is 11.2. The molecule has 2 amide bonds. The molecule has 3 aromatic rings. The van der Waals surface area contributed by atoms with Crippen LogP contribution in [-0.4, -0.2) is 23.5 Å². The Labute approximate surface area is 197 Å². The number of rotatable bonds is 4. The molecule has 0 aliphatic rings. The predicted octanol–water partition coefficient (Wildman–Crippen LogP) is 4.79. The van der Waals surface area contributed by atoms with Gasteiger partial charge in [-0.05, 0) is 52.4 Å². The predicted molar refractivity (Wildman–Crippen MR) is 126 cm³/mol. The second-order valence-corrected chi connectivity index (χ2v) is 9.17. The summed E-state index contributed by atoms with van der Waals surface area (Å²) in [6.45, 7) is -0.244. The first kappa shape index (κ1) is 22.0. The third kappa shape index (κ3) is 5.67. The molecule has 0 fully saturated rings. The lowest BCUT2D eigenvalue weighted by atomic mass is 10.2. The van der Waals surface area contributed by atoms with Crippen molar-refractivity contribution < 1.29 is 14.3 Å². The molecule has 0 saturated heterocycles. The van der Waals surface area contributed by atoms with E-state index in [0.717, 1.165) is 14.6 Å². The maximum absolute atomic E-state index is 12.4. The number of thiophene rings is 1. The van der Waals surface area contributed by atoms with Crippen LogP contribution in [0, 0.1) is 0 Å². The average Bonchev–Trinajstić information content (AvgIpc) is 3.03. The molecular formula is C18H12Br2ClN3O3S2. The molecule has 3 N–H and O–H groups in total. The summed E-state index contributed by atoms with van der Waals surface area (Å²) in [7, 11) is 0. The average molecular weight is 578 g/mol. The Balaban J connectivity index is 1.49. The number of nitrogens with one attached hydrogen (secondary N) is 3. The van der Waals surface area contributed by atoms with E-state index in [1.54, 1.807) is 18.2 Å². The molecule has 11 heteroatoms. The van der Waals surface area contributed by atoms with Crippen molar-refractivity contribution in [3.63, 3.8) is 0 Å². The van der Waals surface area contributed by atoms with Crippen molar-refractivity contribution in [1.82, 2.24) is 16.2 Å². The van der Waals surface area contributed by atoms with Crippen LogP contribution >= 0.6 is 67.0 Å². The molecular weight excluding hydrogens is 566 g/mol. The van der Waals surface area contributed by atoms with Crippen molar-refractivity contribution in [1.29, 1.82) is 0 Å². The van der Waals surface area contributed by atoms with Gasteiger partial charge in [-0.3, -0.25) is 25.8 Å². The summed E-state index contributed by atoms with van der Waals surface area (Å²) in [6.07, 6.45) is 0. The van der Waals surface area contributed by atoms with Gasteiger partial charge in [0, 0.05) is 14.6 Å². The molecule has 3 rings (SSSR count). The number of hydrogen-bond acceptors (Lipinski definition) is 5. The van der Waals surface area contributed by atoms with Crippen molar-refractivity contribution in [2.24, 2.45) is 0 Å². The lowest BCUT2D eigenvalue weighted by Gasteiger charge is -2.12. The summed E-state index contributed by atoms with van der Waals surface area (Å²) in [4.78, 5) is 24.7. The number of benzene rings is 2. The smallest absolute Gasteiger partial charge is 0.276 e. The SMILES string of the molecule is O=C(COc1ccc(Br)cc1Br)NNC(=S)NC(=O)c1sc2ccccc2c1Cl. The van der Waals surface area contributed by atoms with Crippen LogP contribution < -0.4 is 20.9 Å². The number of fused-ring (bicyclic) bond motifs is 1. The Bertz CT molecular complexity index is 1110. The van der Waals surface area contributed by atoms with E-state index < -0.39 is 11.8 Å². The monoisotopic (exact) mass is 575 g/mol. The van der Waals surface area contributed by atoms with Gasteiger partial charge >= 0.3 is 0 Å². The van der Waals surface area contributed by atoms with Crippen molar-refractivity contribution in [2.75, 3.05) is 6.61 Å². The first-order valence-electron chi connectivity index (χ1n) is 8.00. The van der Waals surface area contributed by atoms with Crippen LogP contribution in [-0.2, 0) is 4.79 Å². The third-order valence-electron chi connectivity index (χ3n) is 3.54. The summed E-state index contributed by atoms with van der Waals surface area (Å²) in [5, 5.41) is 3.58. The van der Waals surface area contributed by atoms with Gasteiger partial charge in [0.25, 0.3) is 11.8 Å². The Morgan fingerprint density at radius 2 is 1.90 bits per heavy atom. The van der Waals surface area contributed by atoms with Gasteiger partial charge < -0.3 is 4.74 Å². The summed E-state index contributed by atoms with van der Waals surface area (Å²) in [6, 6.07) is 12.7. The maximum atomic E-state index is 12.4. The Hall–Kier alpha value is -1.72. The number of hydrazine groups is 1. The molecule has 1 heterocycles. The van der Waals surface area contributed by atoms with Gasteiger partial charge in [0.15, 0.2) is 11.7 Å². The Morgan fingerprint density at radius 1 is 1.14 bits per heavy atom. The van der Waals surface area contributed by atoms with Crippen molar-refractivity contribution in [2.45, 2.75) is 0 Å². The molecule has 0 aliphatic carbocycles. The maximum Gasteiger partial charge on any atom is 0.276 e. The van der Waals surface area contributed by atoms with Crippen LogP contribution in [0.1, 0.15) is 9.67 Å². The minimum Gasteiger partial charge on any atom is -0.483 e. The number of hydrogen-bond donors (Lipinski definition) is 3. The van der Waals surface area contributed by atoms with Crippen LogP contribution in [0.5, 0.6) is 5.75 Å². The fraction of sp³-hybridized carbons (Fsp3) is 0.0556. The second-order valence-electron chi connectivity index (χ2n) is 5.56. The second kappa shape index (κ2) is 9.86. The van der Waals surface area contributed by atoms with Gasteiger partial charge in [-0.1, -0.05) is 45.7 Å². The standard InChI is InChI=1S/C18H12Br2ClN3O3S2/c19-9-5-6-12(11(20)7-9)27-8-14(25)23-24-18(28)22-17(26)16-15(21)10-3-1-2-4-13(10)29-16/h1-7H,8H2,(H,23,25)(H2,22,24,26,28). The van der Waals surface area contributed by atoms with Crippen LogP contribution in [0.2, 0.25) is 5.02 Å². The fourth-order valence-electron chi connectivity index (χ4n) is 2.25. The van der Waals surface area contributed by atoms with Gasteiger partial charge in [0.2, 0.25) is 0 Å². The van der Waals surface area contributed by atoms with E-state index in [9.17, 15) is 9.59 Å². The lowest BCUT2D eigenvalue weighted by molar-refractivity contribution is -0.123. The molecule has 0 aliphatic heterocycles. The zero-order valence-corrected chi connectivity index (χ0v) is 20.0. The highest BCUT2D eigenvalue weighted by Crippen LogP contribution is 2.35. The molecule has 0 radical (unpaired) electrons. The molecule has 0 atom stereocenters. The van der Waals surface area contributed by atoms with Crippen LogP contribution in [0.3, 0.4) is 0 Å². The molecule has 2 aromatic carbocycles. The molecule has 6 nitrogen and oxygen atoms in total. The Kier molecular flexibility index (Phi) is 7.47. The van der Waals surface area contributed by atoms with Gasteiger partial charge in [-0.15, -0.1) is 11.3 Å². The minimum absolute atomic E-state index is 0.0679. The summed E-state index contributed by atoms with van der Waals surface area (Å²) in [5.74, 6) is -0.423. The zero-order chi connectivity index (χ0) is 21.0. The summed E-state index contributed by atoms with van der Waals surface area (Å²) < 4.78 is 7.90. The minimum atomic E-state index is -0.476. The third-order valence-corrected chi connectivity index (χ3v) is 6.53. The number of carbonyl (C=O) groups excluding carboxylic acids is 2. The molecule has 0 spiro atoms.